The van der Waals surface area contributed by atoms with Crippen LogP contribution in [0, 0.1) is 0 Å². The van der Waals surface area contributed by atoms with Gasteiger partial charge < -0.3 is 34.2 Å². The molecule has 0 saturated heterocycles. The lowest BCUT2D eigenvalue weighted by Gasteiger charge is -2.21. The van der Waals surface area contributed by atoms with Crippen LogP contribution in [0.5, 0.6) is 0 Å². The van der Waals surface area contributed by atoms with Gasteiger partial charge in [0.25, 0.3) is 0 Å². The second kappa shape index (κ2) is 90.7. The van der Waals surface area contributed by atoms with Crippen molar-refractivity contribution >= 4 is 33.6 Å². The van der Waals surface area contributed by atoms with E-state index in [1.807, 2.05) is 0 Å². The van der Waals surface area contributed by atoms with E-state index in [0.717, 1.165) is 154 Å². The van der Waals surface area contributed by atoms with Crippen LogP contribution in [0.1, 0.15) is 406 Å². The smallest absolute Gasteiger partial charge is 0.463 e. The lowest BCUT2D eigenvalue weighted by Crippen LogP contribution is -2.30. The number of rotatable bonds is 89. The maximum Gasteiger partial charge on any atom is 0.472 e. The van der Waals surface area contributed by atoms with Gasteiger partial charge in [0.15, 0.2) is 6.10 Å². The Morgan fingerprint density at radius 2 is 0.453 bits per heavy atom. The standard InChI is InChI=1S/C99H172O16P2/c1-4-7-10-13-16-19-22-25-28-31-33-35-37-39-41-43-45-46-48-50-51-53-55-57-59-62-64-67-70-73-76-79-82-85-97(102)109-88-94(100)89-111-116(105,106)112-90-95(101)91-113-117(107,108)114-93-96(115-99(104)87-84-81-78-75-72-69-66-61-30-27-24-21-18-15-12-9-6-3)92-110-98(103)86-83-80-77-74-71-68-65-63-60-58-56-54-52-49-47-44-42-40-38-36-34-32-29-26-23-20-17-14-11-8-5-2/h7,9-10,12,16-21,25-30,33-36,39-42,94-96,100-101H,4-6,8,11,13-15,22-24,31-32,37-38,43-93H2,1-3H3,(H,105,106)(H,107,108)/b10-7-,12-9-,19-16-,20-17-,21-18-,28-25-,29-26-,30-27-,35-33-,36-34-,41-39-,42-40-. The first kappa shape index (κ1) is 112. The number of hydrogen-bond acceptors (Lipinski definition) is 14. The average Bonchev–Trinajstić information content (AvgIpc) is 0.900. The minimum atomic E-state index is -4.94. The fraction of sp³-hybridized carbons (Fsp3) is 0.727. The largest absolute Gasteiger partial charge is 0.472 e. The molecule has 0 saturated carbocycles. The Hall–Kier alpha value is -4.57. The van der Waals surface area contributed by atoms with Crippen molar-refractivity contribution in [2.24, 2.45) is 0 Å². The van der Waals surface area contributed by atoms with Crippen LogP contribution in [0.4, 0.5) is 0 Å². The molecule has 0 rings (SSSR count). The number of aliphatic hydroxyl groups is 2. The van der Waals surface area contributed by atoms with Crippen molar-refractivity contribution in [1.29, 1.82) is 0 Å². The van der Waals surface area contributed by atoms with Crippen molar-refractivity contribution < 1.29 is 75.8 Å². The highest BCUT2D eigenvalue weighted by atomic mass is 31.2. The number of ether oxygens (including phenoxy) is 3. The Kier molecular flexibility index (Phi) is 87.1. The van der Waals surface area contributed by atoms with Crippen molar-refractivity contribution in [2.75, 3.05) is 39.6 Å². The van der Waals surface area contributed by atoms with Crippen LogP contribution in [0.15, 0.2) is 146 Å². The first-order chi connectivity index (χ1) is 57.2. The normalized spacial score (nSPS) is 14.4. The second-order valence-electron chi connectivity index (χ2n) is 31.4. The van der Waals surface area contributed by atoms with Gasteiger partial charge in [-0.05, 0) is 141 Å². The SMILES string of the molecule is CC/C=C\C/C=C\C/C=C\C/C=C\C/C=C\CCCCCCCCCCCCCCCCCCCC(=O)OCC(O)COP(=O)(O)OCC(O)COP(=O)(O)OCC(COC(=O)CCCCCCCCCCCCCCCCC/C=C\C/C=C\C/C=C\C/C=C\CCCCC)OC(=O)CCCCCCCCC/C=C\C/C=C\C/C=C\CC. The number of hydrogen-bond donors (Lipinski definition) is 4. The Morgan fingerprint density at radius 3 is 0.718 bits per heavy atom. The maximum atomic E-state index is 13.0. The van der Waals surface area contributed by atoms with Crippen LogP contribution in [-0.2, 0) is 55.8 Å². The summed E-state index contributed by atoms with van der Waals surface area (Å²) in [4.78, 5) is 59.0. The number of phosphoric ester groups is 2. The molecule has 0 aromatic carbocycles. The van der Waals surface area contributed by atoms with Crippen LogP contribution in [-0.4, -0.2) is 95.9 Å². The molecule has 0 aliphatic carbocycles. The van der Waals surface area contributed by atoms with E-state index in [0.29, 0.717) is 19.3 Å². The van der Waals surface area contributed by atoms with Crippen LogP contribution >= 0.6 is 15.6 Å². The average molecular weight is 1680 g/mol. The fourth-order valence-corrected chi connectivity index (χ4v) is 14.5. The molecular formula is C99H172O16P2. The van der Waals surface area contributed by atoms with Gasteiger partial charge in [-0.2, -0.15) is 0 Å². The van der Waals surface area contributed by atoms with E-state index >= 15 is 0 Å². The number of aliphatic hydroxyl groups excluding tert-OH is 2. The van der Waals surface area contributed by atoms with Gasteiger partial charge in [-0.15, -0.1) is 0 Å². The zero-order chi connectivity index (χ0) is 85.1. The Bertz CT molecular complexity index is 2710. The molecule has 0 heterocycles. The zero-order valence-corrected chi connectivity index (χ0v) is 76.1. The molecule has 0 bridgehead atoms. The van der Waals surface area contributed by atoms with Gasteiger partial charge in [-0.3, -0.25) is 32.5 Å². The molecule has 0 aromatic heterocycles. The molecule has 0 spiro atoms. The van der Waals surface area contributed by atoms with Gasteiger partial charge in [0.2, 0.25) is 0 Å². The molecule has 0 amide bonds. The van der Waals surface area contributed by atoms with Gasteiger partial charge in [0.1, 0.15) is 25.4 Å². The van der Waals surface area contributed by atoms with Crippen LogP contribution in [0.3, 0.4) is 0 Å². The van der Waals surface area contributed by atoms with E-state index in [2.05, 4.69) is 167 Å². The molecule has 18 heteroatoms. The van der Waals surface area contributed by atoms with Crippen molar-refractivity contribution in [1.82, 2.24) is 0 Å². The van der Waals surface area contributed by atoms with Crippen LogP contribution in [0.25, 0.3) is 0 Å². The van der Waals surface area contributed by atoms with E-state index < -0.39 is 91.5 Å². The van der Waals surface area contributed by atoms with Gasteiger partial charge in [0.05, 0.1) is 26.4 Å². The summed E-state index contributed by atoms with van der Waals surface area (Å²) in [7, 11) is -9.81. The third-order valence-electron chi connectivity index (χ3n) is 20.0. The molecule has 4 N–H and O–H groups in total. The predicted molar refractivity (Wildman–Crippen MR) is 491 cm³/mol. The number of unbranched alkanes of at least 4 members (excludes halogenated alkanes) is 42. The third-order valence-corrected chi connectivity index (χ3v) is 21.9. The molecule has 117 heavy (non-hydrogen) atoms. The summed E-state index contributed by atoms with van der Waals surface area (Å²) in [6.45, 7) is 2.48. The molecule has 0 radical (unpaired) electrons. The summed E-state index contributed by atoms with van der Waals surface area (Å²) >= 11 is 0. The van der Waals surface area contributed by atoms with E-state index in [-0.39, 0.29) is 19.3 Å². The van der Waals surface area contributed by atoms with Crippen molar-refractivity contribution in [3.63, 3.8) is 0 Å². The van der Waals surface area contributed by atoms with E-state index in [1.165, 1.54) is 193 Å². The van der Waals surface area contributed by atoms with Crippen LogP contribution in [0.2, 0.25) is 0 Å². The maximum absolute atomic E-state index is 13.0. The quantitative estimate of drug-likeness (QED) is 0.0146. The van der Waals surface area contributed by atoms with E-state index in [9.17, 15) is 43.5 Å². The predicted octanol–water partition coefficient (Wildman–Crippen LogP) is 29.1. The zero-order valence-electron chi connectivity index (χ0n) is 74.3. The number of carbonyl (C=O) groups excluding carboxylic acids is 3. The van der Waals surface area contributed by atoms with E-state index in [1.54, 1.807) is 0 Å². The Labute approximate surface area is 715 Å². The molecule has 0 fully saturated rings. The minimum absolute atomic E-state index is 0.0925. The highest BCUT2D eigenvalue weighted by Gasteiger charge is 2.30. The molecule has 0 aliphatic rings. The van der Waals surface area contributed by atoms with Crippen molar-refractivity contribution in [2.45, 2.75) is 424 Å². The summed E-state index contributed by atoms with van der Waals surface area (Å²) < 4.78 is 61.5. The molecule has 5 atom stereocenters. The fourth-order valence-electron chi connectivity index (χ4n) is 13.0. The molecule has 0 aromatic rings. The first-order valence-electron chi connectivity index (χ1n) is 47.1. The highest BCUT2D eigenvalue weighted by molar-refractivity contribution is 7.47. The summed E-state index contributed by atoms with van der Waals surface area (Å²) in [5.41, 5.74) is 0. The number of phosphoric acid groups is 2. The molecule has 5 unspecified atom stereocenters. The Morgan fingerprint density at radius 1 is 0.248 bits per heavy atom. The van der Waals surface area contributed by atoms with Gasteiger partial charge in [0, 0.05) is 19.3 Å². The summed E-state index contributed by atoms with van der Waals surface area (Å²) in [6, 6.07) is 0. The van der Waals surface area contributed by atoms with Crippen LogP contribution < -0.4 is 0 Å². The topological polar surface area (TPSA) is 231 Å². The van der Waals surface area contributed by atoms with Crippen molar-refractivity contribution in [3.05, 3.63) is 146 Å². The van der Waals surface area contributed by atoms with E-state index in [4.69, 9.17) is 32.3 Å². The highest BCUT2D eigenvalue weighted by Crippen LogP contribution is 2.45. The molecule has 16 nitrogen and oxygen atoms in total. The summed E-state index contributed by atoms with van der Waals surface area (Å²) in [5.74, 6) is -1.57. The molecule has 0 aliphatic heterocycles. The first-order valence-corrected chi connectivity index (χ1v) is 50.1. The van der Waals surface area contributed by atoms with Gasteiger partial charge >= 0.3 is 33.6 Å². The summed E-state index contributed by atoms with van der Waals surface area (Å²) in [6.07, 6.45) is 115. The lowest BCUT2D eigenvalue weighted by molar-refractivity contribution is -0.161. The Balaban J connectivity index is 4.48. The second-order valence-corrected chi connectivity index (χ2v) is 34.3. The molecule has 674 valence electrons. The third kappa shape index (κ3) is 92.0. The number of esters is 3. The van der Waals surface area contributed by atoms with Gasteiger partial charge in [-0.25, -0.2) is 9.13 Å². The van der Waals surface area contributed by atoms with Crippen molar-refractivity contribution in [3.8, 4) is 0 Å². The number of allylic oxidation sites excluding steroid dienone is 24. The minimum Gasteiger partial charge on any atom is -0.463 e. The van der Waals surface area contributed by atoms with Gasteiger partial charge in [-0.1, -0.05) is 391 Å². The number of carbonyl (C=O) groups is 3. The summed E-state index contributed by atoms with van der Waals surface area (Å²) in [5, 5.41) is 20.7. The monoisotopic (exact) mass is 1680 g/mol. The molecular weight excluding hydrogens is 1510 g/mol. The lowest BCUT2D eigenvalue weighted by atomic mass is 10.0.